The van der Waals surface area contributed by atoms with E-state index < -0.39 is 12.1 Å². The molecule has 10 heteroatoms. The molecule has 0 spiro atoms. The number of para-hydroxylation sites is 1. The van der Waals surface area contributed by atoms with Crippen molar-refractivity contribution in [2.24, 2.45) is 0 Å². The normalized spacial score (nSPS) is 18.9. The number of H-pyrrole nitrogens is 1. The molecule has 3 aromatic heterocycles. The van der Waals surface area contributed by atoms with E-state index in [1.54, 1.807) is 29.2 Å². The summed E-state index contributed by atoms with van der Waals surface area (Å²) < 4.78 is 8.46. The van der Waals surface area contributed by atoms with Crippen LogP contribution in [0, 0.1) is 0 Å². The lowest BCUT2D eigenvalue weighted by atomic mass is 10.1. The fourth-order valence-electron chi connectivity index (χ4n) is 3.47. The van der Waals surface area contributed by atoms with Crippen LogP contribution in [0.25, 0.3) is 16.7 Å². The number of ether oxygens (including phenoxy) is 1. The lowest BCUT2D eigenvalue weighted by molar-refractivity contribution is 0.0921. The molecule has 1 saturated heterocycles. The Kier molecular flexibility index (Phi) is 4.17. The van der Waals surface area contributed by atoms with Crippen LogP contribution in [-0.4, -0.2) is 54.9 Å². The number of nitrogens with one attached hydrogen (secondary N) is 2. The van der Waals surface area contributed by atoms with E-state index in [2.05, 4.69) is 25.7 Å². The predicted molar refractivity (Wildman–Crippen MR) is 103 cm³/mol. The zero-order chi connectivity index (χ0) is 19.8. The van der Waals surface area contributed by atoms with Crippen LogP contribution in [-0.2, 0) is 4.74 Å². The van der Waals surface area contributed by atoms with Gasteiger partial charge < -0.3 is 10.1 Å². The van der Waals surface area contributed by atoms with Gasteiger partial charge in [-0.3, -0.25) is 14.7 Å². The second kappa shape index (κ2) is 6.99. The van der Waals surface area contributed by atoms with Crippen molar-refractivity contribution in [2.45, 2.75) is 12.1 Å². The Morgan fingerprint density at radius 2 is 2.07 bits per heavy atom. The van der Waals surface area contributed by atoms with E-state index in [-0.39, 0.29) is 24.7 Å². The molecule has 1 amide bonds. The number of aromatic amines is 1. The van der Waals surface area contributed by atoms with Gasteiger partial charge in [0.15, 0.2) is 11.5 Å². The molecular weight excluding hydrogens is 374 g/mol. The van der Waals surface area contributed by atoms with Crippen LogP contribution < -0.4 is 10.9 Å². The Labute approximate surface area is 164 Å². The van der Waals surface area contributed by atoms with Crippen LogP contribution in [0.5, 0.6) is 0 Å². The molecule has 10 nitrogen and oxygen atoms in total. The van der Waals surface area contributed by atoms with E-state index >= 15 is 0 Å². The summed E-state index contributed by atoms with van der Waals surface area (Å²) in [4.78, 5) is 25.3. The first-order chi connectivity index (χ1) is 14.2. The van der Waals surface area contributed by atoms with Crippen LogP contribution >= 0.6 is 0 Å². The van der Waals surface area contributed by atoms with E-state index in [1.807, 2.05) is 24.3 Å². The van der Waals surface area contributed by atoms with Gasteiger partial charge in [-0.1, -0.05) is 18.2 Å². The molecule has 1 aliphatic heterocycles. The SMILES string of the molecule is O=C(NC1COCC1n1nc(-n2cccn2)ccc1=O)c1n[nH]c2ccccc12. The van der Waals surface area contributed by atoms with Crippen molar-refractivity contribution >= 4 is 16.8 Å². The molecule has 4 heterocycles. The minimum Gasteiger partial charge on any atom is -0.377 e. The zero-order valence-corrected chi connectivity index (χ0v) is 15.2. The molecule has 1 aromatic carbocycles. The lowest BCUT2D eigenvalue weighted by Gasteiger charge is -2.20. The smallest absolute Gasteiger partial charge is 0.272 e. The van der Waals surface area contributed by atoms with E-state index in [9.17, 15) is 9.59 Å². The Bertz CT molecular complexity index is 1230. The van der Waals surface area contributed by atoms with Gasteiger partial charge in [-0.25, -0.2) is 9.36 Å². The maximum absolute atomic E-state index is 12.8. The number of hydrogen-bond donors (Lipinski definition) is 2. The van der Waals surface area contributed by atoms with Gasteiger partial charge in [-0.05, 0) is 18.2 Å². The highest BCUT2D eigenvalue weighted by Gasteiger charge is 2.33. The van der Waals surface area contributed by atoms with Crippen LogP contribution in [0.15, 0.2) is 59.7 Å². The number of fused-ring (bicyclic) bond motifs is 1. The van der Waals surface area contributed by atoms with E-state index in [0.717, 1.165) is 10.9 Å². The molecule has 1 fully saturated rings. The van der Waals surface area contributed by atoms with Crippen molar-refractivity contribution in [3.63, 3.8) is 0 Å². The fourth-order valence-corrected chi connectivity index (χ4v) is 3.47. The van der Waals surface area contributed by atoms with Crippen LogP contribution in [0.3, 0.4) is 0 Å². The Morgan fingerprint density at radius 3 is 2.93 bits per heavy atom. The van der Waals surface area contributed by atoms with Crippen molar-refractivity contribution in [1.82, 2.24) is 35.1 Å². The van der Waals surface area contributed by atoms with Gasteiger partial charge in [0.1, 0.15) is 6.04 Å². The highest BCUT2D eigenvalue weighted by atomic mass is 16.5. The predicted octanol–water partition coefficient (Wildman–Crippen LogP) is 0.675. The van der Waals surface area contributed by atoms with Gasteiger partial charge in [0.2, 0.25) is 0 Å². The monoisotopic (exact) mass is 391 g/mol. The van der Waals surface area contributed by atoms with Gasteiger partial charge in [0.25, 0.3) is 11.5 Å². The molecule has 29 heavy (non-hydrogen) atoms. The summed E-state index contributed by atoms with van der Waals surface area (Å²) in [5.74, 6) is 0.170. The number of amides is 1. The summed E-state index contributed by atoms with van der Waals surface area (Å²) in [6.07, 6.45) is 3.37. The first-order valence-corrected chi connectivity index (χ1v) is 9.12. The highest BCUT2D eigenvalue weighted by Crippen LogP contribution is 2.20. The van der Waals surface area contributed by atoms with Gasteiger partial charge in [0.05, 0.1) is 24.8 Å². The first kappa shape index (κ1) is 17.3. The number of rotatable bonds is 4. The standard InChI is InChI=1S/C19H17N7O3/c27-17-7-6-16(25-9-3-8-20-25)24-26(17)15-11-29-10-14(15)21-19(28)18-12-4-1-2-5-13(12)22-23-18/h1-9,14-15H,10-11H2,(H,21,28)(H,22,23). The molecular formula is C19H17N7O3. The van der Waals surface area contributed by atoms with Crippen molar-refractivity contribution in [2.75, 3.05) is 13.2 Å². The molecule has 2 N–H and O–H groups in total. The largest absolute Gasteiger partial charge is 0.377 e. The lowest BCUT2D eigenvalue weighted by Crippen LogP contribution is -2.44. The van der Waals surface area contributed by atoms with Crippen molar-refractivity contribution in [1.29, 1.82) is 0 Å². The van der Waals surface area contributed by atoms with Crippen LogP contribution in [0.1, 0.15) is 16.5 Å². The molecule has 5 rings (SSSR count). The minimum atomic E-state index is -0.438. The molecule has 2 atom stereocenters. The van der Waals surface area contributed by atoms with Crippen LogP contribution in [0.2, 0.25) is 0 Å². The van der Waals surface area contributed by atoms with E-state index in [4.69, 9.17) is 4.74 Å². The second-order valence-electron chi connectivity index (χ2n) is 6.73. The van der Waals surface area contributed by atoms with Crippen molar-refractivity contribution in [3.8, 4) is 5.82 Å². The topological polar surface area (TPSA) is 120 Å². The Hall–Kier alpha value is -3.79. The zero-order valence-electron chi connectivity index (χ0n) is 15.2. The molecule has 0 aliphatic carbocycles. The number of nitrogens with zero attached hydrogens (tertiary/aromatic N) is 5. The molecule has 1 aliphatic rings. The number of aromatic nitrogens is 6. The van der Waals surface area contributed by atoms with E-state index in [1.165, 1.54) is 10.7 Å². The van der Waals surface area contributed by atoms with Gasteiger partial charge in [-0.15, -0.1) is 5.10 Å². The summed E-state index contributed by atoms with van der Waals surface area (Å²) in [6.45, 7) is 0.542. The number of carbonyl (C=O) groups is 1. The third-order valence-electron chi connectivity index (χ3n) is 4.92. The van der Waals surface area contributed by atoms with Crippen LogP contribution in [0.4, 0.5) is 0 Å². The molecule has 2 unspecified atom stereocenters. The van der Waals surface area contributed by atoms with Crippen molar-refractivity contribution < 1.29 is 9.53 Å². The third kappa shape index (κ3) is 3.09. The van der Waals surface area contributed by atoms with Gasteiger partial charge >= 0.3 is 0 Å². The number of carbonyl (C=O) groups excluding carboxylic acids is 1. The average Bonchev–Trinajstić information content (AvgIpc) is 3.49. The maximum atomic E-state index is 12.8. The summed E-state index contributed by atoms with van der Waals surface area (Å²) in [5.41, 5.74) is 0.805. The summed E-state index contributed by atoms with van der Waals surface area (Å²) in [7, 11) is 0. The summed E-state index contributed by atoms with van der Waals surface area (Å²) >= 11 is 0. The fraction of sp³-hybridized carbons (Fsp3) is 0.211. The molecule has 0 saturated carbocycles. The highest BCUT2D eigenvalue weighted by molar-refractivity contribution is 6.04. The van der Waals surface area contributed by atoms with Gasteiger partial charge in [0, 0.05) is 23.8 Å². The van der Waals surface area contributed by atoms with Crippen molar-refractivity contribution in [3.05, 3.63) is 70.9 Å². The number of hydrogen-bond acceptors (Lipinski definition) is 6. The maximum Gasteiger partial charge on any atom is 0.272 e. The quantitative estimate of drug-likeness (QED) is 0.528. The Balaban J connectivity index is 1.43. The van der Waals surface area contributed by atoms with Gasteiger partial charge in [-0.2, -0.15) is 10.2 Å². The Morgan fingerprint density at radius 1 is 1.17 bits per heavy atom. The second-order valence-corrected chi connectivity index (χ2v) is 6.73. The number of benzene rings is 1. The molecule has 4 aromatic rings. The molecule has 0 bridgehead atoms. The first-order valence-electron chi connectivity index (χ1n) is 9.12. The minimum absolute atomic E-state index is 0.266. The molecule has 146 valence electrons. The summed E-state index contributed by atoms with van der Waals surface area (Å²) in [5, 5.41) is 19.2. The summed E-state index contributed by atoms with van der Waals surface area (Å²) in [6, 6.07) is 11.3. The molecule has 0 radical (unpaired) electrons. The van der Waals surface area contributed by atoms with E-state index in [0.29, 0.717) is 11.5 Å². The third-order valence-corrected chi connectivity index (χ3v) is 4.92. The average molecular weight is 391 g/mol.